The summed E-state index contributed by atoms with van der Waals surface area (Å²) >= 11 is 0. The fraction of sp³-hybridized carbons (Fsp3) is 0.294. The largest absolute Gasteiger partial charge is 0.301 e. The van der Waals surface area contributed by atoms with E-state index in [1.54, 1.807) is 31.1 Å². The van der Waals surface area contributed by atoms with Gasteiger partial charge in [-0.05, 0) is 43.9 Å². The van der Waals surface area contributed by atoms with Gasteiger partial charge in [-0.2, -0.15) is 0 Å². The molecule has 1 atom stereocenters. The maximum absolute atomic E-state index is 13.5. The molecule has 1 unspecified atom stereocenters. The van der Waals surface area contributed by atoms with Gasteiger partial charge in [0.1, 0.15) is 10.7 Å². The molecule has 26 heavy (non-hydrogen) atoms. The van der Waals surface area contributed by atoms with Crippen LogP contribution in [0, 0.1) is 5.82 Å². The third-order valence-electron chi connectivity index (χ3n) is 3.86. The fourth-order valence-electron chi connectivity index (χ4n) is 2.56. The number of rotatable bonds is 7. The Morgan fingerprint density at radius 2 is 1.62 bits per heavy atom. The lowest BCUT2D eigenvalue weighted by atomic mass is 10.1. The summed E-state index contributed by atoms with van der Waals surface area (Å²) in [6.45, 7) is -0.0448. The molecular formula is C17H21FN2O4S2. The van der Waals surface area contributed by atoms with E-state index in [1.807, 2.05) is 0 Å². The van der Waals surface area contributed by atoms with Crippen LogP contribution in [0.25, 0.3) is 0 Å². The summed E-state index contributed by atoms with van der Waals surface area (Å²) in [5.41, 5.74) is 0.606. The molecule has 0 saturated carbocycles. The molecule has 0 aliphatic heterocycles. The van der Waals surface area contributed by atoms with Gasteiger partial charge in [-0.3, -0.25) is 0 Å². The summed E-state index contributed by atoms with van der Waals surface area (Å²) < 4.78 is 65.0. The maximum atomic E-state index is 13.5. The van der Waals surface area contributed by atoms with Crippen LogP contribution in [0.2, 0.25) is 0 Å². The normalized spacial score (nSPS) is 13.7. The molecule has 0 radical (unpaired) electrons. The van der Waals surface area contributed by atoms with Crippen molar-refractivity contribution in [1.82, 2.24) is 9.62 Å². The summed E-state index contributed by atoms with van der Waals surface area (Å²) in [5.74, 6) is -0.417. The second-order valence-corrected chi connectivity index (χ2v) is 9.82. The third kappa shape index (κ3) is 4.88. The van der Waals surface area contributed by atoms with Crippen molar-refractivity contribution in [2.24, 2.45) is 0 Å². The number of hydrogen-bond acceptors (Lipinski definition) is 5. The Bertz CT molecular complexity index is 989. The average Bonchev–Trinajstić information content (AvgIpc) is 2.54. The summed E-state index contributed by atoms with van der Waals surface area (Å²) in [6.07, 6.45) is 0.955. The first-order chi connectivity index (χ1) is 12.0. The van der Waals surface area contributed by atoms with Gasteiger partial charge < -0.3 is 4.90 Å². The van der Waals surface area contributed by atoms with Gasteiger partial charge in [-0.1, -0.05) is 24.3 Å². The molecule has 0 amide bonds. The fourth-order valence-corrected chi connectivity index (χ4v) is 5.22. The van der Waals surface area contributed by atoms with Crippen LogP contribution < -0.4 is 4.72 Å². The van der Waals surface area contributed by atoms with E-state index < -0.39 is 31.7 Å². The van der Waals surface area contributed by atoms with Gasteiger partial charge in [0.05, 0.1) is 4.90 Å². The Hall–Kier alpha value is -1.81. The van der Waals surface area contributed by atoms with Gasteiger partial charge in [0.25, 0.3) is 0 Å². The van der Waals surface area contributed by atoms with E-state index in [2.05, 4.69) is 4.72 Å². The number of nitrogens with zero attached hydrogens (tertiary/aromatic N) is 1. The van der Waals surface area contributed by atoms with Gasteiger partial charge in [-0.15, -0.1) is 0 Å². The summed E-state index contributed by atoms with van der Waals surface area (Å²) in [4.78, 5) is 1.18. The van der Waals surface area contributed by atoms with Gasteiger partial charge in [0, 0.05) is 18.8 Å². The smallest absolute Gasteiger partial charge is 0.241 e. The second-order valence-electron chi connectivity index (χ2n) is 6.11. The molecular weight excluding hydrogens is 379 g/mol. The van der Waals surface area contributed by atoms with Crippen LogP contribution >= 0.6 is 0 Å². The number of sulfone groups is 1. The minimum atomic E-state index is -4.07. The quantitative estimate of drug-likeness (QED) is 0.766. The van der Waals surface area contributed by atoms with Crippen molar-refractivity contribution in [3.8, 4) is 0 Å². The van der Waals surface area contributed by atoms with Crippen molar-refractivity contribution in [2.45, 2.75) is 15.8 Å². The zero-order valence-corrected chi connectivity index (χ0v) is 16.3. The summed E-state index contributed by atoms with van der Waals surface area (Å²) in [6, 6.07) is 10.9. The Morgan fingerprint density at radius 1 is 1.00 bits per heavy atom. The number of benzene rings is 2. The molecule has 0 heterocycles. The van der Waals surface area contributed by atoms with Gasteiger partial charge in [0.15, 0.2) is 9.84 Å². The van der Waals surface area contributed by atoms with Crippen molar-refractivity contribution in [3.63, 3.8) is 0 Å². The van der Waals surface area contributed by atoms with Gasteiger partial charge >= 0.3 is 0 Å². The number of halogens is 1. The molecule has 2 rings (SSSR count). The third-order valence-corrected chi connectivity index (χ3v) is 6.63. The molecule has 0 fully saturated rings. The average molecular weight is 400 g/mol. The number of nitrogens with one attached hydrogen (secondary N) is 1. The minimum Gasteiger partial charge on any atom is -0.301 e. The molecule has 0 saturated heterocycles. The summed E-state index contributed by atoms with van der Waals surface area (Å²) in [5, 5.41) is 0. The highest BCUT2D eigenvalue weighted by molar-refractivity contribution is 7.93. The Morgan fingerprint density at radius 3 is 2.15 bits per heavy atom. The number of hydrogen-bond donors (Lipinski definition) is 1. The number of sulfonamides is 1. The van der Waals surface area contributed by atoms with Crippen LogP contribution in [-0.2, 0) is 19.9 Å². The Kier molecular flexibility index (Phi) is 6.17. The first-order valence-electron chi connectivity index (χ1n) is 7.73. The van der Waals surface area contributed by atoms with E-state index in [-0.39, 0.29) is 16.3 Å². The van der Waals surface area contributed by atoms with E-state index in [1.165, 1.54) is 36.4 Å². The van der Waals surface area contributed by atoms with Crippen LogP contribution in [0.4, 0.5) is 4.39 Å². The lowest BCUT2D eigenvalue weighted by molar-refractivity contribution is 0.298. The standard InChI is InChI=1S/C17H21FN2O4S2/c1-20(2)15(13-7-6-8-14(18)11-13)12-19-26(23,24)17-10-5-4-9-16(17)25(3,21)22/h4-11,15,19H,12H2,1-3H3. The molecule has 0 aromatic heterocycles. The molecule has 2 aromatic rings. The van der Waals surface area contributed by atoms with Crippen LogP contribution in [0.3, 0.4) is 0 Å². The van der Waals surface area contributed by atoms with E-state index >= 15 is 0 Å². The molecule has 0 aliphatic carbocycles. The zero-order chi connectivity index (χ0) is 19.5. The summed E-state index contributed by atoms with van der Waals surface area (Å²) in [7, 11) is -4.29. The first kappa shape index (κ1) is 20.5. The molecule has 6 nitrogen and oxygen atoms in total. The minimum absolute atomic E-state index is 0.0448. The monoisotopic (exact) mass is 400 g/mol. The highest BCUT2D eigenvalue weighted by Crippen LogP contribution is 2.22. The van der Waals surface area contributed by atoms with Gasteiger partial charge in [-0.25, -0.2) is 25.9 Å². The number of likely N-dealkylation sites (N-methyl/N-ethyl adjacent to an activating group) is 1. The topological polar surface area (TPSA) is 83.6 Å². The van der Waals surface area contributed by atoms with Crippen LogP contribution in [0.15, 0.2) is 58.3 Å². The first-order valence-corrected chi connectivity index (χ1v) is 11.1. The van der Waals surface area contributed by atoms with Crippen molar-refractivity contribution < 1.29 is 21.2 Å². The maximum Gasteiger partial charge on any atom is 0.241 e. The Balaban J connectivity index is 2.32. The highest BCUT2D eigenvalue weighted by Gasteiger charge is 2.25. The van der Waals surface area contributed by atoms with Crippen molar-refractivity contribution >= 4 is 19.9 Å². The predicted octanol–water partition coefficient (Wildman–Crippen LogP) is 1.81. The lowest BCUT2D eigenvalue weighted by Crippen LogP contribution is -2.35. The Labute approximate surface area is 153 Å². The van der Waals surface area contributed by atoms with Crippen molar-refractivity contribution in [2.75, 3.05) is 26.9 Å². The second kappa shape index (κ2) is 7.83. The van der Waals surface area contributed by atoms with E-state index in [9.17, 15) is 21.2 Å². The van der Waals surface area contributed by atoms with E-state index in [0.717, 1.165) is 6.26 Å². The molecule has 0 spiro atoms. The van der Waals surface area contributed by atoms with E-state index in [4.69, 9.17) is 0 Å². The zero-order valence-electron chi connectivity index (χ0n) is 14.7. The molecule has 9 heteroatoms. The molecule has 0 bridgehead atoms. The molecule has 1 N–H and O–H groups in total. The molecule has 2 aromatic carbocycles. The predicted molar refractivity (Wildman–Crippen MR) is 97.6 cm³/mol. The van der Waals surface area contributed by atoms with E-state index in [0.29, 0.717) is 5.56 Å². The van der Waals surface area contributed by atoms with Crippen molar-refractivity contribution in [1.29, 1.82) is 0 Å². The van der Waals surface area contributed by atoms with Crippen LogP contribution in [0.1, 0.15) is 11.6 Å². The van der Waals surface area contributed by atoms with Crippen LogP contribution in [0.5, 0.6) is 0 Å². The van der Waals surface area contributed by atoms with Crippen LogP contribution in [-0.4, -0.2) is 48.6 Å². The SMILES string of the molecule is CN(C)C(CNS(=O)(=O)c1ccccc1S(C)(=O)=O)c1cccc(F)c1. The van der Waals surface area contributed by atoms with Crippen molar-refractivity contribution in [3.05, 3.63) is 59.9 Å². The highest BCUT2D eigenvalue weighted by atomic mass is 32.2. The lowest BCUT2D eigenvalue weighted by Gasteiger charge is -2.25. The molecule has 0 aliphatic rings. The molecule has 142 valence electrons. The van der Waals surface area contributed by atoms with Gasteiger partial charge in [0.2, 0.25) is 10.0 Å².